The first-order valence-corrected chi connectivity index (χ1v) is 7.64. The van der Waals surface area contributed by atoms with Gasteiger partial charge in [-0.05, 0) is 12.5 Å². The van der Waals surface area contributed by atoms with Gasteiger partial charge < -0.3 is 5.11 Å². The van der Waals surface area contributed by atoms with E-state index in [9.17, 15) is 18.8 Å². The lowest BCUT2D eigenvalue weighted by molar-refractivity contribution is 0.0794. The fourth-order valence-electron chi connectivity index (χ4n) is 2.23. The smallest absolute Gasteiger partial charge is 0.152 e. The molecule has 18 heavy (non-hydrogen) atoms. The molecule has 6 heteroatoms. The second-order valence-corrected chi connectivity index (χ2v) is 7.13. The standard InChI is InChI=1S/C12H12ClNO3S/c13-10-4-2-1-3-9(10)11(15)12(7-14)5-6-18(16,17)8-12/h1-4,11,15H,5-6,8H2. The monoisotopic (exact) mass is 285 g/mol. The lowest BCUT2D eigenvalue weighted by atomic mass is 9.80. The van der Waals surface area contributed by atoms with Crippen LogP contribution in [0.4, 0.5) is 0 Å². The molecule has 1 aromatic rings. The maximum absolute atomic E-state index is 11.5. The Bertz CT molecular complexity index is 608. The van der Waals surface area contributed by atoms with Crippen molar-refractivity contribution in [1.82, 2.24) is 0 Å². The van der Waals surface area contributed by atoms with Crippen LogP contribution >= 0.6 is 11.6 Å². The third kappa shape index (κ3) is 2.24. The molecular formula is C12H12ClNO3S. The number of nitriles is 1. The first kappa shape index (κ1) is 13.3. The van der Waals surface area contributed by atoms with Crippen molar-refractivity contribution in [3.63, 3.8) is 0 Å². The van der Waals surface area contributed by atoms with E-state index in [2.05, 4.69) is 0 Å². The number of sulfone groups is 1. The molecule has 2 unspecified atom stereocenters. The SMILES string of the molecule is N#CC1(C(O)c2ccccc2Cl)CCS(=O)(=O)C1. The summed E-state index contributed by atoms with van der Waals surface area (Å²) in [5.41, 5.74) is -0.887. The van der Waals surface area contributed by atoms with E-state index in [1.165, 1.54) is 0 Å². The molecule has 0 radical (unpaired) electrons. The quantitative estimate of drug-likeness (QED) is 0.897. The van der Waals surface area contributed by atoms with Gasteiger partial charge in [-0.3, -0.25) is 0 Å². The van der Waals surface area contributed by atoms with Gasteiger partial charge in [0.1, 0.15) is 11.5 Å². The zero-order chi connectivity index (χ0) is 13.4. The Hall–Kier alpha value is -1.09. The Labute approximate surface area is 111 Å². The molecule has 1 fully saturated rings. The Morgan fingerprint density at radius 1 is 1.44 bits per heavy atom. The molecular weight excluding hydrogens is 274 g/mol. The summed E-state index contributed by atoms with van der Waals surface area (Å²) in [5.74, 6) is -0.384. The summed E-state index contributed by atoms with van der Waals surface area (Å²) in [4.78, 5) is 0. The van der Waals surface area contributed by atoms with Crippen LogP contribution in [-0.2, 0) is 9.84 Å². The number of aliphatic hydroxyl groups is 1. The van der Waals surface area contributed by atoms with Gasteiger partial charge in [-0.2, -0.15) is 5.26 Å². The summed E-state index contributed by atoms with van der Waals surface area (Å²) in [6.07, 6.45) is -1.05. The van der Waals surface area contributed by atoms with Gasteiger partial charge in [0.25, 0.3) is 0 Å². The van der Waals surface area contributed by atoms with Gasteiger partial charge in [-0.25, -0.2) is 8.42 Å². The van der Waals surface area contributed by atoms with Crippen LogP contribution in [0.15, 0.2) is 24.3 Å². The van der Waals surface area contributed by atoms with E-state index in [1.54, 1.807) is 24.3 Å². The van der Waals surface area contributed by atoms with Gasteiger partial charge in [0.05, 0.1) is 17.6 Å². The van der Waals surface area contributed by atoms with Crippen molar-refractivity contribution in [3.8, 4) is 6.07 Å². The van der Waals surface area contributed by atoms with Crippen molar-refractivity contribution in [2.45, 2.75) is 12.5 Å². The highest BCUT2D eigenvalue weighted by Gasteiger charge is 2.49. The van der Waals surface area contributed by atoms with E-state index >= 15 is 0 Å². The van der Waals surface area contributed by atoms with Crippen molar-refractivity contribution in [1.29, 1.82) is 5.26 Å². The minimum absolute atomic E-state index is 0.0674. The van der Waals surface area contributed by atoms with E-state index < -0.39 is 21.4 Å². The van der Waals surface area contributed by atoms with E-state index in [4.69, 9.17) is 11.6 Å². The van der Waals surface area contributed by atoms with Crippen molar-refractivity contribution < 1.29 is 13.5 Å². The largest absolute Gasteiger partial charge is 0.387 e. The normalized spacial score (nSPS) is 27.6. The van der Waals surface area contributed by atoms with Gasteiger partial charge >= 0.3 is 0 Å². The third-order valence-electron chi connectivity index (χ3n) is 3.28. The number of halogens is 1. The average Bonchev–Trinajstić information content (AvgIpc) is 2.66. The summed E-state index contributed by atoms with van der Waals surface area (Å²) in [7, 11) is -3.26. The maximum Gasteiger partial charge on any atom is 0.152 e. The number of nitrogens with zero attached hydrogens (tertiary/aromatic N) is 1. The predicted molar refractivity (Wildman–Crippen MR) is 67.7 cm³/mol. The van der Waals surface area contributed by atoms with Crippen molar-refractivity contribution in [2.75, 3.05) is 11.5 Å². The van der Waals surface area contributed by atoms with Crippen molar-refractivity contribution in [3.05, 3.63) is 34.9 Å². The topological polar surface area (TPSA) is 78.2 Å². The molecule has 2 rings (SSSR count). The third-order valence-corrected chi connectivity index (χ3v) is 5.41. The fourth-order valence-corrected chi connectivity index (χ4v) is 4.44. The Morgan fingerprint density at radius 2 is 2.11 bits per heavy atom. The summed E-state index contributed by atoms with van der Waals surface area (Å²) < 4.78 is 23.1. The average molecular weight is 286 g/mol. The number of hydrogen-bond donors (Lipinski definition) is 1. The molecule has 0 aromatic heterocycles. The maximum atomic E-state index is 11.5. The molecule has 1 aliphatic rings. The molecule has 0 saturated carbocycles. The van der Waals surface area contributed by atoms with Crippen LogP contribution in [0.5, 0.6) is 0 Å². The number of aliphatic hydroxyl groups excluding tert-OH is 1. The highest BCUT2D eigenvalue weighted by molar-refractivity contribution is 7.91. The van der Waals surface area contributed by atoms with Crippen LogP contribution in [0.25, 0.3) is 0 Å². The van der Waals surface area contributed by atoms with E-state index in [0.717, 1.165) is 0 Å². The molecule has 1 saturated heterocycles. The Morgan fingerprint density at radius 3 is 2.61 bits per heavy atom. The number of benzene rings is 1. The van der Waals surface area contributed by atoms with Crippen molar-refractivity contribution in [2.24, 2.45) is 5.41 Å². The molecule has 0 spiro atoms. The minimum atomic E-state index is -3.26. The fraction of sp³-hybridized carbons (Fsp3) is 0.417. The van der Waals surface area contributed by atoms with Gasteiger partial charge in [-0.15, -0.1) is 0 Å². The number of rotatable bonds is 2. The first-order chi connectivity index (χ1) is 8.40. The molecule has 1 aliphatic heterocycles. The van der Waals surface area contributed by atoms with E-state index in [1.807, 2.05) is 6.07 Å². The Kier molecular flexibility index (Phi) is 3.37. The summed E-state index contributed by atoms with van der Waals surface area (Å²) in [5, 5.41) is 19.9. The van der Waals surface area contributed by atoms with E-state index in [-0.39, 0.29) is 17.9 Å². The van der Waals surface area contributed by atoms with Crippen molar-refractivity contribution >= 4 is 21.4 Å². The van der Waals surface area contributed by atoms with Crippen LogP contribution in [0.3, 0.4) is 0 Å². The highest BCUT2D eigenvalue weighted by atomic mass is 35.5. The van der Waals surface area contributed by atoms with Crippen LogP contribution in [0.2, 0.25) is 5.02 Å². The molecule has 1 N–H and O–H groups in total. The van der Waals surface area contributed by atoms with Gasteiger partial charge in [0.2, 0.25) is 0 Å². The molecule has 0 bridgehead atoms. The lowest BCUT2D eigenvalue weighted by Crippen LogP contribution is -2.29. The molecule has 2 atom stereocenters. The second-order valence-electron chi connectivity index (χ2n) is 4.53. The lowest BCUT2D eigenvalue weighted by Gasteiger charge is -2.26. The first-order valence-electron chi connectivity index (χ1n) is 5.44. The van der Waals surface area contributed by atoms with E-state index in [0.29, 0.717) is 10.6 Å². The van der Waals surface area contributed by atoms with Gasteiger partial charge in [0, 0.05) is 10.6 Å². The number of hydrogen-bond acceptors (Lipinski definition) is 4. The molecule has 4 nitrogen and oxygen atoms in total. The molecule has 1 heterocycles. The van der Waals surface area contributed by atoms with Crippen LogP contribution in [0, 0.1) is 16.7 Å². The summed E-state index contributed by atoms with van der Waals surface area (Å²) in [6.45, 7) is 0. The molecule has 96 valence electrons. The minimum Gasteiger partial charge on any atom is -0.387 e. The predicted octanol–water partition coefficient (Wildman–Crippen LogP) is 1.70. The second kappa shape index (κ2) is 4.54. The summed E-state index contributed by atoms with van der Waals surface area (Å²) >= 11 is 5.97. The Balaban J connectivity index is 2.42. The molecule has 0 aliphatic carbocycles. The van der Waals surface area contributed by atoms with Crippen LogP contribution in [0.1, 0.15) is 18.1 Å². The summed E-state index contributed by atoms with van der Waals surface area (Å²) in [6, 6.07) is 8.59. The highest BCUT2D eigenvalue weighted by Crippen LogP contribution is 2.44. The molecule has 0 amide bonds. The van der Waals surface area contributed by atoms with Gasteiger partial charge in [-0.1, -0.05) is 29.8 Å². The van der Waals surface area contributed by atoms with Crippen LogP contribution < -0.4 is 0 Å². The molecule has 1 aromatic carbocycles. The zero-order valence-corrected chi connectivity index (χ0v) is 11.1. The zero-order valence-electron chi connectivity index (χ0n) is 9.51. The van der Waals surface area contributed by atoms with Gasteiger partial charge in [0.15, 0.2) is 9.84 Å². The van der Waals surface area contributed by atoms with Crippen LogP contribution in [-0.4, -0.2) is 25.0 Å².